The zero-order valence-corrected chi connectivity index (χ0v) is 9.68. The van der Waals surface area contributed by atoms with Crippen molar-refractivity contribution >= 4 is 0 Å². The smallest absolute Gasteiger partial charge is 0.0621 e. The van der Waals surface area contributed by atoms with Gasteiger partial charge in [0, 0.05) is 12.5 Å². The molecule has 82 valence electrons. The SMILES string of the molecule is CCCCCC(C)NCCCCC#N. The molecule has 0 heterocycles. The Labute approximate surface area is 88.7 Å². The summed E-state index contributed by atoms with van der Waals surface area (Å²) in [5, 5.41) is 11.8. The molecule has 1 unspecified atom stereocenters. The second-order valence-electron chi connectivity index (χ2n) is 3.97. The highest BCUT2D eigenvalue weighted by atomic mass is 14.9. The van der Waals surface area contributed by atoms with Gasteiger partial charge in [-0.15, -0.1) is 0 Å². The van der Waals surface area contributed by atoms with Gasteiger partial charge in [0.15, 0.2) is 0 Å². The number of nitrogens with zero attached hydrogens (tertiary/aromatic N) is 1. The molecule has 1 N–H and O–H groups in total. The van der Waals surface area contributed by atoms with Crippen LogP contribution in [0.4, 0.5) is 0 Å². The number of nitrogens with one attached hydrogen (secondary N) is 1. The molecule has 0 fully saturated rings. The van der Waals surface area contributed by atoms with Crippen LogP contribution in [0.2, 0.25) is 0 Å². The van der Waals surface area contributed by atoms with Crippen LogP contribution in [0.3, 0.4) is 0 Å². The second-order valence-corrected chi connectivity index (χ2v) is 3.97. The van der Waals surface area contributed by atoms with Crippen LogP contribution in [0, 0.1) is 11.3 Å². The maximum atomic E-state index is 8.35. The Morgan fingerprint density at radius 3 is 2.64 bits per heavy atom. The number of hydrogen-bond acceptors (Lipinski definition) is 2. The maximum Gasteiger partial charge on any atom is 0.0621 e. The minimum Gasteiger partial charge on any atom is -0.314 e. The predicted molar refractivity (Wildman–Crippen MR) is 61.1 cm³/mol. The monoisotopic (exact) mass is 196 g/mol. The van der Waals surface area contributed by atoms with E-state index in [-0.39, 0.29) is 0 Å². The Morgan fingerprint density at radius 1 is 1.21 bits per heavy atom. The Balaban J connectivity index is 3.10. The lowest BCUT2D eigenvalue weighted by Gasteiger charge is -2.12. The van der Waals surface area contributed by atoms with Gasteiger partial charge in [-0.2, -0.15) is 5.26 Å². The van der Waals surface area contributed by atoms with Gasteiger partial charge in [-0.1, -0.05) is 26.2 Å². The molecule has 0 saturated heterocycles. The first kappa shape index (κ1) is 13.4. The Kier molecular flexibility index (Phi) is 10.1. The summed E-state index contributed by atoms with van der Waals surface area (Å²) >= 11 is 0. The molecule has 0 radical (unpaired) electrons. The van der Waals surface area contributed by atoms with Gasteiger partial charge in [0.2, 0.25) is 0 Å². The van der Waals surface area contributed by atoms with Crippen molar-refractivity contribution in [2.45, 2.75) is 64.8 Å². The zero-order valence-electron chi connectivity index (χ0n) is 9.68. The molecule has 0 aromatic carbocycles. The molecule has 0 saturated carbocycles. The van der Waals surface area contributed by atoms with Crippen LogP contribution >= 0.6 is 0 Å². The summed E-state index contributed by atoms with van der Waals surface area (Å²) in [7, 11) is 0. The molecule has 1 atom stereocenters. The Hall–Kier alpha value is -0.550. The molecule has 0 aliphatic rings. The molecule has 14 heavy (non-hydrogen) atoms. The highest BCUT2D eigenvalue weighted by Crippen LogP contribution is 2.03. The van der Waals surface area contributed by atoms with Gasteiger partial charge in [0.05, 0.1) is 6.07 Å². The van der Waals surface area contributed by atoms with Crippen molar-refractivity contribution in [3.8, 4) is 6.07 Å². The fraction of sp³-hybridized carbons (Fsp3) is 0.917. The summed E-state index contributed by atoms with van der Waals surface area (Å²) in [5.41, 5.74) is 0. The van der Waals surface area contributed by atoms with Crippen molar-refractivity contribution in [2.24, 2.45) is 0 Å². The first-order valence-electron chi connectivity index (χ1n) is 5.91. The Morgan fingerprint density at radius 2 is 2.00 bits per heavy atom. The van der Waals surface area contributed by atoms with E-state index >= 15 is 0 Å². The fourth-order valence-corrected chi connectivity index (χ4v) is 1.48. The lowest BCUT2D eigenvalue weighted by molar-refractivity contribution is 0.479. The van der Waals surface area contributed by atoms with E-state index in [2.05, 4.69) is 25.2 Å². The van der Waals surface area contributed by atoms with Gasteiger partial charge in [-0.3, -0.25) is 0 Å². The van der Waals surface area contributed by atoms with Gasteiger partial charge >= 0.3 is 0 Å². The standard InChI is InChI=1S/C12H24N2/c1-3-4-6-9-12(2)14-11-8-5-7-10-13/h12,14H,3-9,11H2,1-2H3. The molecular formula is C12H24N2. The average molecular weight is 196 g/mol. The minimum absolute atomic E-state index is 0.642. The number of nitriles is 1. The molecule has 2 nitrogen and oxygen atoms in total. The summed E-state index contributed by atoms with van der Waals surface area (Å²) in [6.07, 6.45) is 8.13. The molecule has 0 aliphatic heterocycles. The van der Waals surface area contributed by atoms with Crippen LogP contribution < -0.4 is 5.32 Å². The van der Waals surface area contributed by atoms with Gasteiger partial charge in [0.1, 0.15) is 0 Å². The van der Waals surface area contributed by atoms with E-state index in [9.17, 15) is 0 Å². The summed E-state index contributed by atoms with van der Waals surface area (Å²) in [6, 6.07) is 2.81. The topological polar surface area (TPSA) is 35.8 Å². The quantitative estimate of drug-likeness (QED) is 0.575. The number of hydrogen-bond donors (Lipinski definition) is 1. The molecule has 0 aromatic rings. The van der Waals surface area contributed by atoms with Crippen LogP contribution in [0.25, 0.3) is 0 Å². The van der Waals surface area contributed by atoms with Crippen molar-refractivity contribution in [3.63, 3.8) is 0 Å². The third-order valence-corrected chi connectivity index (χ3v) is 2.45. The number of unbranched alkanes of at least 4 members (excludes halogenated alkanes) is 4. The van der Waals surface area contributed by atoms with E-state index in [1.165, 1.54) is 25.7 Å². The van der Waals surface area contributed by atoms with Crippen LogP contribution in [0.1, 0.15) is 58.8 Å². The summed E-state index contributed by atoms with van der Waals surface area (Å²) in [5.74, 6) is 0. The highest BCUT2D eigenvalue weighted by Gasteiger charge is 1.99. The largest absolute Gasteiger partial charge is 0.314 e. The maximum absolute atomic E-state index is 8.35. The summed E-state index contributed by atoms with van der Waals surface area (Å²) in [6.45, 7) is 5.55. The van der Waals surface area contributed by atoms with Crippen molar-refractivity contribution in [1.82, 2.24) is 5.32 Å². The van der Waals surface area contributed by atoms with Gasteiger partial charge in [-0.25, -0.2) is 0 Å². The molecule has 0 spiro atoms. The molecule has 0 amide bonds. The Bertz CT molecular complexity index is 149. The second kappa shape index (κ2) is 10.5. The first-order chi connectivity index (χ1) is 6.81. The molecule has 0 rings (SSSR count). The normalized spacial score (nSPS) is 12.4. The van der Waals surface area contributed by atoms with E-state index < -0.39 is 0 Å². The third-order valence-electron chi connectivity index (χ3n) is 2.45. The third kappa shape index (κ3) is 9.54. The fourth-order valence-electron chi connectivity index (χ4n) is 1.48. The zero-order chi connectivity index (χ0) is 10.6. The molecule has 2 heteroatoms. The van der Waals surface area contributed by atoms with Crippen LogP contribution in [-0.4, -0.2) is 12.6 Å². The van der Waals surface area contributed by atoms with Gasteiger partial charge in [0.25, 0.3) is 0 Å². The van der Waals surface area contributed by atoms with Crippen molar-refractivity contribution < 1.29 is 0 Å². The van der Waals surface area contributed by atoms with E-state index in [1.807, 2.05) is 0 Å². The van der Waals surface area contributed by atoms with Gasteiger partial charge < -0.3 is 5.32 Å². The van der Waals surface area contributed by atoms with Crippen molar-refractivity contribution in [2.75, 3.05) is 6.54 Å². The predicted octanol–water partition coefficient (Wildman–Crippen LogP) is 3.24. The van der Waals surface area contributed by atoms with Crippen molar-refractivity contribution in [3.05, 3.63) is 0 Å². The molecular weight excluding hydrogens is 172 g/mol. The van der Waals surface area contributed by atoms with Crippen molar-refractivity contribution in [1.29, 1.82) is 5.26 Å². The van der Waals surface area contributed by atoms with Crippen LogP contribution in [0.5, 0.6) is 0 Å². The number of rotatable bonds is 9. The minimum atomic E-state index is 0.642. The molecule has 0 aromatic heterocycles. The van der Waals surface area contributed by atoms with Crippen LogP contribution in [0.15, 0.2) is 0 Å². The van der Waals surface area contributed by atoms with E-state index in [4.69, 9.17) is 5.26 Å². The summed E-state index contributed by atoms with van der Waals surface area (Å²) in [4.78, 5) is 0. The van der Waals surface area contributed by atoms with E-state index in [0.29, 0.717) is 12.5 Å². The lowest BCUT2D eigenvalue weighted by atomic mass is 10.1. The van der Waals surface area contributed by atoms with Gasteiger partial charge in [-0.05, 0) is 32.7 Å². The summed E-state index contributed by atoms with van der Waals surface area (Å²) < 4.78 is 0. The first-order valence-corrected chi connectivity index (χ1v) is 5.91. The molecule has 0 aliphatic carbocycles. The van der Waals surface area contributed by atoms with Crippen LogP contribution in [-0.2, 0) is 0 Å². The average Bonchev–Trinajstić information content (AvgIpc) is 2.18. The lowest BCUT2D eigenvalue weighted by Crippen LogP contribution is -2.26. The molecule has 0 bridgehead atoms. The highest BCUT2D eigenvalue weighted by molar-refractivity contribution is 4.69. The van der Waals surface area contributed by atoms with E-state index in [0.717, 1.165) is 19.4 Å². The van der Waals surface area contributed by atoms with E-state index in [1.54, 1.807) is 0 Å².